The predicted octanol–water partition coefficient (Wildman–Crippen LogP) is 2.10. The number of nitrogens with one attached hydrogen (secondary N) is 2. The van der Waals surface area contributed by atoms with Crippen LogP contribution in [0.4, 0.5) is 5.69 Å². The Balaban J connectivity index is 1.98. The molecule has 0 aliphatic rings. The van der Waals surface area contributed by atoms with E-state index in [-0.39, 0.29) is 17.4 Å². The molecule has 8 heteroatoms. The molecule has 2 rings (SSSR count). The van der Waals surface area contributed by atoms with Gasteiger partial charge in [0.15, 0.2) is 0 Å². The molecule has 0 radical (unpaired) electrons. The van der Waals surface area contributed by atoms with Gasteiger partial charge in [0.05, 0.1) is 4.90 Å². The first kappa shape index (κ1) is 20.6. The number of para-hydroxylation sites is 1. The van der Waals surface area contributed by atoms with Crippen LogP contribution in [0.25, 0.3) is 0 Å². The summed E-state index contributed by atoms with van der Waals surface area (Å²) in [7, 11) is -3.76. The summed E-state index contributed by atoms with van der Waals surface area (Å²) in [5.41, 5.74) is 2.23. The number of rotatable bonds is 6. The van der Waals surface area contributed by atoms with Crippen LogP contribution >= 0.6 is 0 Å². The lowest BCUT2D eigenvalue weighted by Crippen LogP contribution is -2.35. The number of anilines is 1. The zero-order valence-corrected chi connectivity index (χ0v) is 16.0. The fourth-order valence-corrected chi connectivity index (χ4v) is 3.01. The molecule has 0 saturated heterocycles. The summed E-state index contributed by atoms with van der Waals surface area (Å²) >= 11 is 0. The third kappa shape index (κ3) is 5.63. The second-order valence-corrected chi connectivity index (χ2v) is 7.78. The molecule has 0 bridgehead atoms. The maximum atomic E-state index is 12.2. The standard InChI is InChI=1S/C19H23N3O4S/c1-3-13(2)16-6-4-5-7-17(16)22-19(24)18(23)21-12-14-8-10-15(11-9-14)27(20,25)26/h4-11,13H,3,12H2,1-2H3,(H,21,23)(H,22,24)(H2,20,25,26). The Kier molecular flexibility index (Phi) is 6.70. The minimum Gasteiger partial charge on any atom is -0.344 e. The predicted molar refractivity (Wildman–Crippen MR) is 103 cm³/mol. The molecule has 27 heavy (non-hydrogen) atoms. The Morgan fingerprint density at radius 2 is 1.67 bits per heavy atom. The van der Waals surface area contributed by atoms with Gasteiger partial charge in [0.25, 0.3) is 0 Å². The lowest BCUT2D eigenvalue weighted by Gasteiger charge is -2.15. The lowest BCUT2D eigenvalue weighted by molar-refractivity contribution is -0.136. The maximum absolute atomic E-state index is 12.2. The summed E-state index contributed by atoms with van der Waals surface area (Å²) in [6, 6.07) is 13.1. The van der Waals surface area contributed by atoms with Crippen LogP contribution in [0.3, 0.4) is 0 Å². The van der Waals surface area contributed by atoms with Crippen molar-refractivity contribution in [2.24, 2.45) is 5.14 Å². The highest BCUT2D eigenvalue weighted by Crippen LogP contribution is 2.26. The molecule has 0 aromatic heterocycles. The Hall–Kier alpha value is -2.71. The molecule has 0 fully saturated rings. The molecule has 0 aliphatic heterocycles. The van der Waals surface area contributed by atoms with Gasteiger partial charge >= 0.3 is 11.8 Å². The number of hydrogen-bond donors (Lipinski definition) is 3. The van der Waals surface area contributed by atoms with E-state index in [4.69, 9.17) is 5.14 Å². The van der Waals surface area contributed by atoms with E-state index in [9.17, 15) is 18.0 Å². The van der Waals surface area contributed by atoms with Crippen LogP contribution in [0.2, 0.25) is 0 Å². The number of sulfonamides is 1. The summed E-state index contributed by atoms with van der Waals surface area (Å²) in [4.78, 5) is 24.2. The van der Waals surface area contributed by atoms with Crippen molar-refractivity contribution in [3.05, 3.63) is 59.7 Å². The molecule has 2 aromatic rings. The van der Waals surface area contributed by atoms with E-state index in [0.29, 0.717) is 11.3 Å². The van der Waals surface area contributed by atoms with Crippen molar-refractivity contribution in [3.63, 3.8) is 0 Å². The number of nitrogens with two attached hydrogens (primary N) is 1. The first-order valence-corrected chi connectivity index (χ1v) is 10.1. The average Bonchev–Trinajstić information content (AvgIpc) is 2.65. The van der Waals surface area contributed by atoms with Gasteiger partial charge < -0.3 is 10.6 Å². The first-order chi connectivity index (χ1) is 12.7. The summed E-state index contributed by atoms with van der Waals surface area (Å²) in [5, 5.41) is 10.2. The van der Waals surface area contributed by atoms with Gasteiger partial charge in [-0.15, -0.1) is 0 Å². The normalized spacial score (nSPS) is 12.3. The van der Waals surface area contributed by atoms with Crippen molar-refractivity contribution in [3.8, 4) is 0 Å². The quantitative estimate of drug-likeness (QED) is 0.656. The smallest absolute Gasteiger partial charge is 0.313 e. The molecule has 4 N–H and O–H groups in total. The van der Waals surface area contributed by atoms with E-state index < -0.39 is 21.8 Å². The maximum Gasteiger partial charge on any atom is 0.313 e. The molecule has 0 spiro atoms. The van der Waals surface area contributed by atoms with Crippen LogP contribution in [0.5, 0.6) is 0 Å². The molecular formula is C19H23N3O4S. The largest absolute Gasteiger partial charge is 0.344 e. The SMILES string of the molecule is CCC(C)c1ccccc1NC(=O)C(=O)NCc1ccc(S(N)(=O)=O)cc1. The lowest BCUT2D eigenvalue weighted by atomic mass is 9.97. The van der Waals surface area contributed by atoms with Gasteiger partial charge in [-0.25, -0.2) is 13.6 Å². The van der Waals surface area contributed by atoms with Crippen LogP contribution in [0.1, 0.15) is 37.3 Å². The van der Waals surface area contributed by atoms with Crippen LogP contribution in [-0.4, -0.2) is 20.2 Å². The average molecular weight is 389 g/mol. The Bertz CT molecular complexity index is 924. The molecule has 1 unspecified atom stereocenters. The highest BCUT2D eigenvalue weighted by atomic mass is 32.2. The second-order valence-electron chi connectivity index (χ2n) is 6.22. The van der Waals surface area contributed by atoms with Gasteiger partial charge in [-0.05, 0) is 41.7 Å². The van der Waals surface area contributed by atoms with Gasteiger partial charge in [0.1, 0.15) is 0 Å². The molecule has 0 heterocycles. The van der Waals surface area contributed by atoms with Crippen molar-refractivity contribution < 1.29 is 18.0 Å². The number of carbonyl (C=O) groups excluding carboxylic acids is 2. The van der Waals surface area contributed by atoms with E-state index in [0.717, 1.165) is 12.0 Å². The van der Waals surface area contributed by atoms with Gasteiger partial charge in [-0.2, -0.15) is 0 Å². The second kappa shape index (κ2) is 8.79. The third-order valence-corrected chi connectivity index (χ3v) is 5.19. The van der Waals surface area contributed by atoms with Crippen molar-refractivity contribution in [2.75, 3.05) is 5.32 Å². The molecular weight excluding hydrogens is 366 g/mol. The monoisotopic (exact) mass is 389 g/mol. The van der Waals surface area contributed by atoms with Gasteiger partial charge in [-0.1, -0.05) is 44.2 Å². The molecule has 2 aromatic carbocycles. The topological polar surface area (TPSA) is 118 Å². The number of primary sulfonamides is 1. The Labute approximate surface area is 159 Å². The first-order valence-electron chi connectivity index (χ1n) is 8.52. The fourth-order valence-electron chi connectivity index (χ4n) is 2.50. The number of hydrogen-bond acceptors (Lipinski definition) is 4. The molecule has 7 nitrogen and oxygen atoms in total. The molecule has 0 aliphatic carbocycles. The fraction of sp³-hybridized carbons (Fsp3) is 0.263. The van der Waals surface area contributed by atoms with E-state index >= 15 is 0 Å². The van der Waals surface area contributed by atoms with E-state index in [1.54, 1.807) is 12.1 Å². The minimum absolute atomic E-state index is 0.0167. The van der Waals surface area contributed by atoms with Gasteiger partial charge in [0, 0.05) is 12.2 Å². The highest BCUT2D eigenvalue weighted by molar-refractivity contribution is 7.89. The summed E-state index contributed by atoms with van der Waals surface area (Å²) in [6.07, 6.45) is 0.910. The highest BCUT2D eigenvalue weighted by Gasteiger charge is 2.16. The van der Waals surface area contributed by atoms with Crippen molar-refractivity contribution in [1.29, 1.82) is 0 Å². The van der Waals surface area contributed by atoms with Gasteiger partial charge in [0.2, 0.25) is 10.0 Å². The van der Waals surface area contributed by atoms with Crippen LogP contribution in [-0.2, 0) is 26.2 Å². The zero-order valence-electron chi connectivity index (χ0n) is 15.2. The molecule has 0 saturated carbocycles. The summed E-state index contributed by atoms with van der Waals surface area (Å²) < 4.78 is 22.5. The number of amides is 2. The summed E-state index contributed by atoms with van der Waals surface area (Å²) in [5.74, 6) is -1.28. The van der Waals surface area contributed by atoms with Gasteiger partial charge in [-0.3, -0.25) is 9.59 Å². The van der Waals surface area contributed by atoms with Crippen molar-refractivity contribution in [1.82, 2.24) is 5.32 Å². The van der Waals surface area contributed by atoms with Crippen molar-refractivity contribution >= 4 is 27.5 Å². The Morgan fingerprint density at radius 1 is 1.04 bits per heavy atom. The van der Waals surface area contributed by atoms with Crippen LogP contribution in [0.15, 0.2) is 53.4 Å². The zero-order chi connectivity index (χ0) is 20.0. The Morgan fingerprint density at radius 3 is 2.26 bits per heavy atom. The van der Waals surface area contributed by atoms with Crippen LogP contribution < -0.4 is 15.8 Å². The van der Waals surface area contributed by atoms with E-state index in [1.807, 2.05) is 12.1 Å². The molecule has 144 valence electrons. The van der Waals surface area contributed by atoms with Crippen LogP contribution in [0, 0.1) is 0 Å². The molecule has 2 amide bonds. The third-order valence-electron chi connectivity index (χ3n) is 4.26. The number of carbonyl (C=O) groups is 2. The number of benzene rings is 2. The summed E-state index contributed by atoms with van der Waals surface area (Å²) in [6.45, 7) is 4.19. The minimum atomic E-state index is -3.76. The van der Waals surface area contributed by atoms with E-state index in [2.05, 4.69) is 24.5 Å². The molecule has 1 atom stereocenters. The van der Waals surface area contributed by atoms with Crippen molar-refractivity contribution in [2.45, 2.75) is 37.6 Å². The van der Waals surface area contributed by atoms with E-state index in [1.165, 1.54) is 24.3 Å².